The minimum absolute atomic E-state index is 0.0728. The van der Waals surface area contributed by atoms with Crippen molar-refractivity contribution in [2.24, 2.45) is 0 Å². The van der Waals surface area contributed by atoms with Crippen molar-refractivity contribution in [1.29, 1.82) is 0 Å². The van der Waals surface area contributed by atoms with Gasteiger partial charge in [0.1, 0.15) is 11.5 Å². The second-order valence-electron chi connectivity index (χ2n) is 2.69. The van der Waals surface area contributed by atoms with Gasteiger partial charge in [0.2, 0.25) is 0 Å². The Balaban J connectivity index is 2.97. The lowest BCUT2D eigenvalue weighted by molar-refractivity contribution is -0.274. The molecule has 5 heteroatoms. The molecule has 0 aliphatic heterocycles. The van der Waals surface area contributed by atoms with Crippen LogP contribution < -0.4 is 4.74 Å². The second-order valence-corrected chi connectivity index (χ2v) is 2.69. The fraction of sp³-hybridized carbons (Fsp3) is 0.333. The van der Waals surface area contributed by atoms with Crippen molar-refractivity contribution in [2.45, 2.75) is 19.7 Å². The normalized spacial score (nSPS) is 11.4. The van der Waals surface area contributed by atoms with Gasteiger partial charge in [-0.3, -0.25) is 0 Å². The number of rotatable bonds is 2. The molecule has 0 atom stereocenters. The van der Waals surface area contributed by atoms with Gasteiger partial charge >= 0.3 is 6.36 Å². The maximum atomic E-state index is 11.9. The molecule has 0 aliphatic carbocycles. The topological polar surface area (TPSA) is 29.5 Å². The Morgan fingerprint density at radius 1 is 1.36 bits per heavy atom. The maximum Gasteiger partial charge on any atom is 0.573 e. The highest BCUT2D eigenvalue weighted by molar-refractivity contribution is 5.39. The number of phenolic OH excluding ortho intramolecular Hbond substituents is 1. The molecule has 0 saturated heterocycles. The van der Waals surface area contributed by atoms with E-state index < -0.39 is 6.36 Å². The molecule has 0 fully saturated rings. The van der Waals surface area contributed by atoms with Gasteiger partial charge in [-0.1, -0.05) is 6.92 Å². The van der Waals surface area contributed by atoms with Crippen molar-refractivity contribution >= 4 is 0 Å². The monoisotopic (exact) mass is 206 g/mol. The fourth-order valence-electron chi connectivity index (χ4n) is 1.07. The predicted molar refractivity (Wildman–Crippen MR) is 44.2 cm³/mol. The van der Waals surface area contributed by atoms with E-state index in [2.05, 4.69) is 4.74 Å². The van der Waals surface area contributed by atoms with Crippen molar-refractivity contribution in [3.05, 3.63) is 23.8 Å². The van der Waals surface area contributed by atoms with E-state index in [1.807, 2.05) is 0 Å². The number of ether oxygens (including phenoxy) is 1. The number of aryl methyl sites for hydroxylation is 1. The van der Waals surface area contributed by atoms with Crippen LogP contribution in [-0.4, -0.2) is 11.5 Å². The zero-order chi connectivity index (χ0) is 10.8. The zero-order valence-electron chi connectivity index (χ0n) is 7.43. The lowest BCUT2D eigenvalue weighted by Crippen LogP contribution is -2.18. The molecule has 0 amide bonds. The summed E-state index contributed by atoms with van der Waals surface area (Å²) < 4.78 is 39.4. The summed E-state index contributed by atoms with van der Waals surface area (Å²) in [5, 5.41) is 9.03. The van der Waals surface area contributed by atoms with E-state index in [9.17, 15) is 13.2 Å². The predicted octanol–water partition coefficient (Wildman–Crippen LogP) is 2.85. The van der Waals surface area contributed by atoms with Crippen LogP contribution in [0, 0.1) is 0 Å². The lowest BCUT2D eigenvalue weighted by atomic mass is 10.1. The largest absolute Gasteiger partial charge is 0.573 e. The summed E-state index contributed by atoms with van der Waals surface area (Å²) in [6, 6.07) is 3.50. The van der Waals surface area contributed by atoms with E-state index in [4.69, 9.17) is 5.11 Å². The molecule has 0 radical (unpaired) electrons. The number of hydrogen-bond donors (Lipinski definition) is 1. The maximum absolute atomic E-state index is 11.9. The molecule has 1 aromatic rings. The van der Waals surface area contributed by atoms with Crippen LogP contribution in [0.1, 0.15) is 12.5 Å². The molecule has 14 heavy (non-hydrogen) atoms. The molecule has 0 spiro atoms. The lowest BCUT2D eigenvalue weighted by Gasteiger charge is -2.12. The van der Waals surface area contributed by atoms with Crippen LogP contribution >= 0.6 is 0 Å². The number of halogens is 3. The Labute approximate surface area is 78.9 Å². The van der Waals surface area contributed by atoms with Crippen LogP contribution in [0.15, 0.2) is 18.2 Å². The van der Waals surface area contributed by atoms with Crippen molar-refractivity contribution in [1.82, 2.24) is 0 Å². The van der Waals surface area contributed by atoms with E-state index in [1.54, 1.807) is 6.92 Å². The van der Waals surface area contributed by atoms with Crippen molar-refractivity contribution in [3.63, 3.8) is 0 Å². The third-order valence-electron chi connectivity index (χ3n) is 1.65. The molecule has 1 aromatic carbocycles. The summed E-state index contributed by atoms with van der Waals surface area (Å²) in [6.07, 6.45) is -4.33. The molecular formula is C9H9F3O2. The van der Waals surface area contributed by atoms with Crippen LogP contribution in [0.3, 0.4) is 0 Å². The summed E-state index contributed by atoms with van der Waals surface area (Å²) in [5.74, 6) is -0.339. The molecule has 1 rings (SSSR count). The third kappa shape index (κ3) is 2.83. The summed E-state index contributed by atoms with van der Waals surface area (Å²) in [4.78, 5) is 0. The summed E-state index contributed by atoms with van der Waals surface area (Å²) in [5.41, 5.74) is 0.322. The highest BCUT2D eigenvalue weighted by Crippen LogP contribution is 2.29. The van der Waals surface area contributed by atoms with E-state index in [0.717, 1.165) is 12.1 Å². The van der Waals surface area contributed by atoms with Gasteiger partial charge in [-0.2, -0.15) is 0 Å². The first kappa shape index (κ1) is 10.7. The van der Waals surface area contributed by atoms with Crippen molar-refractivity contribution in [3.8, 4) is 11.5 Å². The zero-order valence-corrected chi connectivity index (χ0v) is 7.43. The third-order valence-corrected chi connectivity index (χ3v) is 1.65. The number of alkyl halides is 3. The summed E-state index contributed by atoms with van der Waals surface area (Å²) in [6.45, 7) is 1.68. The minimum atomic E-state index is -4.69. The standard InChI is InChI=1S/C9H9F3O2/c1-2-6-5-7(13)3-4-8(6)14-9(10,11)12/h3-5,13H,2H2,1H3. The van der Waals surface area contributed by atoms with Crippen LogP contribution in [0.25, 0.3) is 0 Å². The number of aromatic hydroxyl groups is 1. The van der Waals surface area contributed by atoms with Gasteiger partial charge in [-0.15, -0.1) is 13.2 Å². The molecule has 0 aromatic heterocycles. The van der Waals surface area contributed by atoms with Gasteiger partial charge in [0.15, 0.2) is 0 Å². The molecule has 78 valence electrons. The average molecular weight is 206 g/mol. The molecule has 0 saturated carbocycles. The number of hydrogen-bond acceptors (Lipinski definition) is 2. The first-order valence-electron chi connectivity index (χ1n) is 4.00. The highest BCUT2D eigenvalue weighted by atomic mass is 19.4. The quantitative estimate of drug-likeness (QED) is 0.806. The van der Waals surface area contributed by atoms with Gasteiger partial charge in [0, 0.05) is 0 Å². The van der Waals surface area contributed by atoms with Crippen molar-refractivity contribution < 1.29 is 23.0 Å². The van der Waals surface area contributed by atoms with E-state index in [-0.39, 0.29) is 11.5 Å². The van der Waals surface area contributed by atoms with Crippen molar-refractivity contribution in [2.75, 3.05) is 0 Å². The van der Waals surface area contributed by atoms with Gasteiger partial charge in [0.25, 0.3) is 0 Å². The molecule has 0 heterocycles. The Morgan fingerprint density at radius 3 is 2.50 bits per heavy atom. The van der Waals surface area contributed by atoms with E-state index in [0.29, 0.717) is 12.0 Å². The molecule has 0 unspecified atom stereocenters. The average Bonchev–Trinajstić information content (AvgIpc) is 2.06. The molecular weight excluding hydrogens is 197 g/mol. The van der Waals surface area contributed by atoms with Gasteiger partial charge < -0.3 is 9.84 Å². The first-order chi connectivity index (χ1) is 6.42. The Bertz CT molecular complexity index is 320. The summed E-state index contributed by atoms with van der Waals surface area (Å²) in [7, 11) is 0. The van der Waals surface area contributed by atoms with Crippen LogP contribution in [0.5, 0.6) is 11.5 Å². The van der Waals surface area contributed by atoms with E-state index in [1.165, 1.54) is 6.07 Å². The van der Waals surface area contributed by atoms with Gasteiger partial charge in [-0.25, -0.2) is 0 Å². The minimum Gasteiger partial charge on any atom is -0.508 e. The van der Waals surface area contributed by atoms with E-state index >= 15 is 0 Å². The smallest absolute Gasteiger partial charge is 0.508 e. The van der Waals surface area contributed by atoms with Crippen LogP contribution in [-0.2, 0) is 6.42 Å². The number of phenols is 1. The second kappa shape index (κ2) is 3.77. The van der Waals surface area contributed by atoms with Crippen LogP contribution in [0.4, 0.5) is 13.2 Å². The molecule has 0 bridgehead atoms. The Kier molecular flexibility index (Phi) is 2.88. The Morgan fingerprint density at radius 2 is 2.00 bits per heavy atom. The van der Waals surface area contributed by atoms with Gasteiger partial charge in [-0.05, 0) is 30.2 Å². The van der Waals surface area contributed by atoms with Crippen LogP contribution in [0.2, 0.25) is 0 Å². The molecule has 2 nitrogen and oxygen atoms in total. The SMILES string of the molecule is CCc1cc(O)ccc1OC(F)(F)F. The van der Waals surface area contributed by atoms with Gasteiger partial charge in [0.05, 0.1) is 0 Å². The Hall–Kier alpha value is -1.39. The first-order valence-corrected chi connectivity index (χ1v) is 4.00. The fourth-order valence-corrected chi connectivity index (χ4v) is 1.07. The molecule has 1 N–H and O–H groups in total. The summed E-state index contributed by atoms with van der Waals surface area (Å²) >= 11 is 0. The molecule has 0 aliphatic rings. The number of benzene rings is 1. The highest BCUT2D eigenvalue weighted by Gasteiger charge is 2.31.